The molecule has 0 saturated heterocycles. The maximum atomic E-state index is 12.4. The number of amides is 1. The van der Waals surface area contributed by atoms with Gasteiger partial charge in [0.25, 0.3) is 5.91 Å². The lowest BCUT2D eigenvalue weighted by Crippen LogP contribution is -2.35. The van der Waals surface area contributed by atoms with Crippen molar-refractivity contribution in [2.45, 2.75) is 36.7 Å². The van der Waals surface area contributed by atoms with Crippen LogP contribution in [0, 0.1) is 0 Å². The van der Waals surface area contributed by atoms with Crippen LogP contribution in [0.1, 0.15) is 29.0 Å². The number of hydrogen-bond acceptors (Lipinski definition) is 4. The van der Waals surface area contributed by atoms with E-state index in [1.54, 1.807) is 16.3 Å². The third kappa shape index (κ3) is 3.09. The molecule has 0 fully saturated rings. The van der Waals surface area contributed by atoms with Crippen molar-refractivity contribution in [2.24, 2.45) is 0 Å². The summed E-state index contributed by atoms with van der Waals surface area (Å²) in [4.78, 5) is 25.0. The highest BCUT2D eigenvalue weighted by atomic mass is 32.2. The minimum absolute atomic E-state index is 0.0608. The molecule has 1 amide bonds. The first kappa shape index (κ1) is 14.9. The Labute approximate surface area is 132 Å². The first-order valence-corrected chi connectivity index (χ1v) is 8.49. The van der Waals surface area contributed by atoms with Crippen molar-refractivity contribution in [3.8, 4) is 0 Å². The molecule has 6 nitrogen and oxygen atoms in total. The zero-order chi connectivity index (χ0) is 15.5. The van der Waals surface area contributed by atoms with E-state index in [2.05, 4.69) is 15.5 Å². The number of carbonyl (C=O) groups is 1. The zero-order valence-corrected chi connectivity index (χ0v) is 13.2. The molecule has 7 heteroatoms. The topological polar surface area (TPSA) is 79.8 Å². The molecule has 0 bridgehead atoms. The van der Waals surface area contributed by atoms with E-state index in [0.717, 1.165) is 23.6 Å². The number of hydrogen-bond donors (Lipinski definition) is 2. The SMILES string of the molecule is CSc1cccc(C(=O)NC2CCc3n[nH]c(=O)n3CC2)c1. The van der Waals surface area contributed by atoms with Crippen LogP contribution in [0.3, 0.4) is 0 Å². The van der Waals surface area contributed by atoms with Crippen LogP contribution in [0.25, 0.3) is 0 Å². The van der Waals surface area contributed by atoms with Crippen molar-refractivity contribution >= 4 is 17.7 Å². The van der Waals surface area contributed by atoms with Gasteiger partial charge < -0.3 is 5.32 Å². The highest BCUT2D eigenvalue weighted by molar-refractivity contribution is 7.98. The second kappa shape index (κ2) is 6.39. The van der Waals surface area contributed by atoms with Gasteiger partial charge in [-0.3, -0.25) is 9.36 Å². The highest BCUT2D eigenvalue weighted by Gasteiger charge is 2.20. The van der Waals surface area contributed by atoms with Gasteiger partial charge in [0.05, 0.1) is 0 Å². The quantitative estimate of drug-likeness (QED) is 0.839. The van der Waals surface area contributed by atoms with E-state index in [1.165, 1.54) is 0 Å². The Kier molecular flexibility index (Phi) is 4.33. The van der Waals surface area contributed by atoms with Gasteiger partial charge in [0.2, 0.25) is 0 Å². The molecule has 0 radical (unpaired) electrons. The minimum atomic E-state index is -0.172. The Morgan fingerprint density at radius 3 is 3.14 bits per heavy atom. The van der Waals surface area contributed by atoms with E-state index >= 15 is 0 Å². The normalized spacial score (nSPS) is 17.6. The van der Waals surface area contributed by atoms with Crippen LogP contribution in [0.2, 0.25) is 0 Å². The van der Waals surface area contributed by atoms with Crippen LogP contribution in [0.4, 0.5) is 0 Å². The minimum Gasteiger partial charge on any atom is -0.349 e. The van der Waals surface area contributed by atoms with Gasteiger partial charge in [-0.25, -0.2) is 9.89 Å². The summed E-state index contributed by atoms with van der Waals surface area (Å²) in [6, 6.07) is 7.65. The molecule has 0 spiro atoms. The molecule has 1 aliphatic heterocycles. The van der Waals surface area contributed by atoms with Crippen molar-refractivity contribution in [3.63, 3.8) is 0 Å². The molecule has 1 unspecified atom stereocenters. The van der Waals surface area contributed by atoms with Gasteiger partial charge in [-0.2, -0.15) is 5.10 Å². The van der Waals surface area contributed by atoms with Gasteiger partial charge in [0.15, 0.2) is 0 Å². The molecule has 1 aliphatic rings. The van der Waals surface area contributed by atoms with Crippen LogP contribution in [0.15, 0.2) is 34.0 Å². The lowest BCUT2D eigenvalue weighted by atomic mass is 10.1. The second-order valence-electron chi connectivity index (χ2n) is 5.33. The third-order valence-corrected chi connectivity index (χ3v) is 4.65. The molecule has 3 rings (SSSR count). The van der Waals surface area contributed by atoms with Crippen molar-refractivity contribution in [2.75, 3.05) is 6.26 Å². The number of aromatic amines is 1. The molecule has 116 valence electrons. The summed E-state index contributed by atoms with van der Waals surface area (Å²) < 4.78 is 1.65. The van der Waals surface area contributed by atoms with Crippen molar-refractivity contribution < 1.29 is 4.79 Å². The molecule has 2 heterocycles. The molecule has 22 heavy (non-hydrogen) atoms. The van der Waals surface area contributed by atoms with Gasteiger partial charge in [0.1, 0.15) is 5.82 Å². The van der Waals surface area contributed by atoms with E-state index in [4.69, 9.17) is 0 Å². The van der Waals surface area contributed by atoms with Crippen LogP contribution in [-0.2, 0) is 13.0 Å². The van der Waals surface area contributed by atoms with Gasteiger partial charge >= 0.3 is 5.69 Å². The van der Waals surface area contributed by atoms with Gasteiger partial charge in [-0.1, -0.05) is 6.07 Å². The number of fused-ring (bicyclic) bond motifs is 1. The van der Waals surface area contributed by atoms with Crippen LogP contribution >= 0.6 is 11.8 Å². The number of aromatic nitrogens is 3. The van der Waals surface area contributed by atoms with E-state index < -0.39 is 0 Å². The number of H-pyrrole nitrogens is 1. The van der Waals surface area contributed by atoms with Crippen LogP contribution < -0.4 is 11.0 Å². The fourth-order valence-corrected chi connectivity index (χ4v) is 3.14. The standard InChI is InChI=1S/C15H18N4O2S/c1-22-12-4-2-3-10(9-12)14(20)16-11-5-6-13-17-18-15(21)19(13)8-7-11/h2-4,9,11H,5-8H2,1H3,(H,16,20)(H,18,21). The zero-order valence-electron chi connectivity index (χ0n) is 12.3. The maximum absolute atomic E-state index is 12.4. The third-order valence-electron chi connectivity index (χ3n) is 3.92. The van der Waals surface area contributed by atoms with Gasteiger partial charge in [-0.05, 0) is 37.3 Å². The average molecular weight is 318 g/mol. The van der Waals surface area contributed by atoms with E-state index in [9.17, 15) is 9.59 Å². The molecule has 2 aromatic rings. The van der Waals surface area contributed by atoms with Gasteiger partial charge in [-0.15, -0.1) is 11.8 Å². The molecular weight excluding hydrogens is 300 g/mol. The first-order valence-electron chi connectivity index (χ1n) is 7.26. The summed E-state index contributed by atoms with van der Waals surface area (Å²) in [5, 5.41) is 9.56. The number of rotatable bonds is 3. The fraction of sp³-hybridized carbons (Fsp3) is 0.400. The molecular formula is C15H18N4O2S. The first-order chi connectivity index (χ1) is 10.7. The predicted molar refractivity (Wildman–Crippen MR) is 85.3 cm³/mol. The second-order valence-corrected chi connectivity index (χ2v) is 6.21. The Morgan fingerprint density at radius 2 is 2.32 bits per heavy atom. The summed E-state index contributed by atoms with van der Waals surface area (Å²) in [7, 11) is 0. The smallest absolute Gasteiger partial charge is 0.343 e. The number of benzene rings is 1. The Hall–Kier alpha value is -2.02. The lowest BCUT2D eigenvalue weighted by Gasteiger charge is -2.16. The molecule has 2 N–H and O–H groups in total. The fourth-order valence-electron chi connectivity index (χ4n) is 2.68. The molecule has 0 saturated carbocycles. The largest absolute Gasteiger partial charge is 0.349 e. The van der Waals surface area contributed by atoms with Gasteiger partial charge in [0, 0.05) is 29.5 Å². The molecule has 1 atom stereocenters. The van der Waals surface area contributed by atoms with Crippen molar-refractivity contribution in [3.05, 3.63) is 46.1 Å². The summed E-state index contributed by atoms with van der Waals surface area (Å²) in [5.41, 5.74) is 0.501. The number of carbonyl (C=O) groups excluding carboxylic acids is 1. The lowest BCUT2D eigenvalue weighted by molar-refractivity contribution is 0.0932. The summed E-state index contributed by atoms with van der Waals surface area (Å²) in [6.07, 6.45) is 4.20. The maximum Gasteiger partial charge on any atom is 0.343 e. The van der Waals surface area contributed by atoms with Crippen molar-refractivity contribution in [1.29, 1.82) is 0 Å². The highest BCUT2D eigenvalue weighted by Crippen LogP contribution is 2.17. The van der Waals surface area contributed by atoms with E-state index in [1.807, 2.05) is 30.5 Å². The number of thioether (sulfide) groups is 1. The Morgan fingerprint density at radius 1 is 1.45 bits per heavy atom. The summed E-state index contributed by atoms with van der Waals surface area (Å²) in [5.74, 6) is 0.709. The van der Waals surface area contributed by atoms with E-state index in [-0.39, 0.29) is 17.6 Å². The monoisotopic (exact) mass is 318 g/mol. The molecule has 1 aromatic heterocycles. The Balaban J connectivity index is 1.66. The summed E-state index contributed by atoms with van der Waals surface area (Å²) >= 11 is 1.61. The predicted octanol–water partition coefficient (Wildman–Crippen LogP) is 1.43. The van der Waals surface area contributed by atoms with Crippen LogP contribution in [-0.4, -0.2) is 33.0 Å². The van der Waals surface area contributed by atoms with Crippen molar-refractivity contribution in [1.82, 2.24) is 20.1 Å². The Bertz CT molecular complexity index is 737. The number of aryl methyl sites for hydroxylation is 1. The van der Waals surface area contributed by atoms with Crippen LogP contribution in [0.5, 0.6) is 0 Å². The average Bonchev–Trinajstić information content (AvgIpc) is 2.77. The van der Waals surface area contributed by atoms with E-state index in [0.29, 0.717) is 18.5 Å². The number of nitrogens with one attached hydrogen (secondary N) is 2. The summed E-state index contributed by atoms with van der Waals surface area (Å²) in [6.45, 7) is 0.584. The number of nitrogens with zero attached hydrogens (tertiary/aromatic N) is 2. The molecule has 0 aliphatic carbocycles. The molecule has 1 aromatic carbocycles.